The van der Waals surface area contributed by atoms with Crippen molar-refractivity contribution in [3.8, 4) is 0 Å². The molecule has 1 aliphatic carbocycles. The predicted octanol–water partition coefficient (Wildman–Crippen LogP) is 1.54. The summed E-state index contributed by atoms with van der Waals surface area (Å²) in [6, 6.07) is 8.11. The van der Waals surface area contributed by atoms with E-state index in [-0.39, 0.29) is 18.3 Å². The molecule has 2 unspecified atom stereocenters. The Morgan fingerprint density at radius 2 is 1.78 bits per heavy atom. The van der Waals surface area contributed by atoms with E-state index in [9.17, 15) is 14.7 Å². The zero-order valence-corrected chi connectivity index (χ0v) is 17.1. The molecule has 2 amide bonds. The van der Waals surface area contributed by atoms with E-state index in [1.54, 1.807) is 0 Å². The lowest BCUT2D eigenvalue weighted by molar-refractivity contribution is -0.133. The Kier molecular flexibility index (Phi) is 8.72. The fourth-order valence-corrected chi connectivity index (χ4v) is 2.85. The van der Waals surface area contributed by atoms with Crippen molar-refractivity contribution in [2.24, 2.45) is 11.7 Å². The zero-order chi connectivity index (χ0) is 19.3. The molecule has 1 saturated carbocycles. The Hall–Kier alpha value is -1.63. The van der Waals surface area contributed by atoms with Gasteiger partial charge in [0.2, 0.25) is 5.91 Å². The maximum Gasteiger partial charge on any atom is 0.251 e. The number of aliphatic hydroxyl groups is 1. The van der Waals surface area contributed by atoms with Crippen molar-refractivity contribution in [2.75, 3.05) is 0 Å². The van der Waals surface area contributed by atoms with Gasteiger partial charge in [-0.3, -0.25) is 9.59 Å². The van der Waals surface area contributed by atoms with Crippen LogP contribution in [0, 0.1) is 5.92 Å². The smallest absolute Gasteiger partial charge is 0.251 e. The Bertz CT molecular complexity index is 615. The number of carbonyl (C=O) groups excluding carboxylic acids is 2. The lowest BCUT2D eigenvalue weighted by Crippen LogP contribution is -2.57. The molecule has 2 rings (SSSR count). The molecule has 0 aromatic heterocycles. The van der Waals surface area contributed by atoms with E-state index in [0.29, 0.717) is 18.8 Å². The second-order valence-electron chi connectivity index (χ2n) is 8.27. The van der Waals surface area contributed by atoms with E-state index in [2.05, 4.69) is 10.6 Å². The second-order valence-corrected chi connectivity index (χ2v) is 8.27. The molecule has 0 saturated heterocycles. The number of rotatable bonds is 8. The monoisotopic (exact) mass is 397 g/mol. The first-order chi connectivity index (χ1) is 12.2. The van der Waals surface area contributed by atoms with E-state index in [1.165, 1.54) is 0 Å². The fourth-order valence-electron chi connectivity index (χ4n) is 2.85. The molecule has 5 N–H and O–H groups in total. The van der Waals surface area contributed by atoms with E-state index in [4.69, 9.17) is 5.73 Å². The molecule has 1 fully saturated rings. The van der Waals surface area contributed by atoms with Crippen LogP contribution in [0.25, 0.3) is 0 Å². The van der Waals surface area contributed by atoms with Crippen molar-refractivity contribution in [3.63, 3.8) is 0 Å². The number of hydrogen-bond acceptors (Lipinski definition) is 4. The van der Waals surface area contributed by atoms with Crippen LogP contribution in [0.3, 0.4) is 0 Å². The summed E-state index contributed by atoms with van der Waals surface area (Å²) in [5, 5.41) is 16.1. The first-order valence-corrected chi connectivity index (χ1v) is 9.25. The number of nitrogens with one attached hydrogen (secondary N) is 2. The highest BCUT2D eigenvalue weighted by atomic mass is 35.5. The van der Waals surface area contributed by atoms with Gasteiger partial charge in [0.15, 0.2) is 6.10 Å². The number of benzene rings is 1. The summed E-state index contributed by atoms with van der Waals surface area (Å²) in [6.45, 7) is 5.52. The van der Waals surface area contributed by atoms with Gasteiger partial charge in [0.25, 0.3) is 5.91 Å². The van der Waals surface area contributed by atoms with Crippen LogP contribution in [-0.2, 0) is 16.0 Å². The molecular weight excluding hydrogens is 366 g/mol. The number of amides is 2. The number of halogens is 1. The number of aliphatic hydroxyl groups excluding tert-OH is 1. The van der Waals surface area contributed by atoms with Crippen LogP contribution in [-0.4, -0.2) is 40.6 Å². The molecule has 152 valence electrons. The molecule has 0 aliphatic heterocycles. The van der Waals surface area contributed by atoms with Gasteiger partial charge in [-0.05, 0) is 45.1 Å². The van der Waals surface area contributed by atoms with Crippen molar-refractivity contribution in [1.29, 1.82) is 0 Å². The molecule has 1 aromatic rings. The van der Waals surface area contributed by atoms with Crippen molar-refractivity contribution in [2.45, 2.75) is 70.2 Å². The Morgan fingerprint density at radius 1 is 1.19 bits per heavy atom. The summed E-state index contributed by atoms with van der Waals surface area (Å²) < 4.78 is 0. The molecule has 6 nitrogen and oxygen atoms in total. The first-order valence-electron chi connectivity index (χ1n) is 9.25. The quantitative estimate of drug-likeness (QED) is 0.534. The molecule has 1 aliphatic rings. The summed E-state index contributed by atoms with van der Waals surface area (Å²) in [4.78, 5) is 24.8. The molecular formula is C20H32ClN3O3. The minimum atomic E-state index is -1.36. The van der Waals surface area contributed by atoms with E-state index in [0.717, 1.165) is 18.4 Å². The molecule has 0 radical (unpaired) electrons. The third-order valence-electron chi connectivity index (χ3n) is 4.40. The Balaban J connectivity index is 0.00000364. The first kappa shape index (κ1) is 23.4. The lowest BCUT2D eigenvalue weighted by atomic mass is 9.98. The van der Waals surface area contributed by atoms with Crippen molar-refractivity contribution in [1.82, 2.24) is 10.6 Å². The van der Waals surface area contributed by atoms with Crippen LogP contribution >= 0.6 is 12.4 Å². The van der Waals surface area contributed by atoms with Gasteiger partial charge in [-0.1, -0.05) is 43.2 Å². The highest BCUT2D eigenvalue weighted by molar-refractivity contribution is 5.86. The maximum atomic E-state index is 12.4. The van der Waals surface area contributed by atoms with Gasteiger partial charge in [0, 0.05) is 5.54 Å². The third kappa shape index (κ3) is 8.28. The van der Waals surface area contributed by atoms with Gasteiger partial charge in [-0.2, -0.15) is 0 Å². The SMILES string of the molecule is CC(C)(C)NC(=O)C(O)C(Cc1ccccc1)NC(=O)[C@@H](N)CC1CC1.Cl. The maximum absolute atomic E-state index is 12.4. The lowest BCUT2D eigenvalue weighted by Gasteiger charge is -2.28. The summed E-state index contributed by atoms with van der Waals surface area (Å²) in [6.07, 6.45) is 1.87. The molecule has 1 aromatic carbocycles. The largest absolute Gasteiger partial charge is 0.381 e. The molecule has 7 heteroatoms. The van der Waals surface area contributed by atoms with Crippen molar-refractivity contribution in [3.05, 3.63) is 35.9 Å². The number of hydrogen-bond donors (Lipinski definition) is 4. The fraction of sp³-hybridized carbons (Fsp3) is 0.600. The molecule has 3 atom stereocenters. The predicted molar refractivity (Wildman–Crippen MR) is 109 cm³/mol. The minimum Gasteiger partial charge on any atom is -0.381 e. The van der Waals surface area contributed by atoms with E-state index >= 15 is 0 Å². The third-order valence-corrected chi connectivity index (χ3v) is 4.40. The van der Waals surface area contributed by atoms with Crippen LogP contribution in [0.15, 0.2) is 30.3 Å². The van der Waals surface area contributed by atoms with Gasteiger partial charge >= 0.3 is 0 Å². The second kappa shape index (κ2) is 10.1. The van der Waals surface area contributed by atoms with Gasteiger partial charge in [0.1, 0.15) is 0 Å². The summed E-state index contributed by atoms with van der Waals surface area (Å²) >= 11 is 0. The molecule has 0 bridgehead atoms. The highest BCUT2D eigenvalue weighted by Gasteiger charge is 2.32. The average molecular weight is 398 g/mol. The van der Waals surface area contributed by atoms with E-state index < -0.39 is 29.6 Å². The Morgan fingerprint density at radius 3 is 2.30 bits per heavy atom. The van der Waals surface area contributed by atoms with E-state index in [1.807, 2.05) is 51.1 Å². The van der Waals surface area contributed by atoms with Crippen LogP contribution in [0.5, 0.6) is 0 Å². The average Bonchev–Trinajstić information content (AvgIpc) is 3.36. The normalized spacial score (nSPS) is 17.2. The van der Waals surface area contributed by atoms with Crippen LogP contribution in [0.1, 0.15) is 45.6 Å². The van der Waals surface area contributed by atoms with Crippen LogP contribution < -0.4 is 16.4 Å². The summed E-state index contributed by atoms with van der Waals surface area (Å²) in [5.41, 5.74) is 6.44. The Labute approximate surface area is 167 Å². The van der Waals surface area contributed by atoms with Gasteiger partial charge in [-0.15, -0.1) is 12.4 Å². The van der Waals surface area contributed by atoms with Gasteiger partial charge in [0.05, 0.1) is 12.1 Å². The zero-order valence-electron chi connectivity index (χ0n) is 16.3. The van der Waals surface area contributed by atoms with Crippen molar-refractivity contribution >= 4 is 24.2 Å². The van der Waals surface area contributed by atoms with Crippen LogP contribution in [0.2, 0.25) is 0 Å². The highest BCUT2D eigenvalue weighted by Crippen LogP contribution is 2.33. The minimum absolute atomic E-state index is 0. The molecule has 0 heterocycles. The topological polar surface area (TPSA) is 104 Å². The summed E-state index contributed by atoms with van der Waals surface area (Å²) in [5.74, 6) is -0.299. The standard InChI is InChI=1S/C20H31N3O3.ClH/c1-20(2,3)23-19(26)17(24)16(12-13-7-5-4-6-8-13)22-18(25)15(21)11-14-9-10-14;/h4-8,14-17,24H,9-12,21H2,1-3H3,(H,22,25)(H,23,26);1H/t15-,16?,17?;/m0./s1. The van der Waals surface area contributed by atoms with Gasteiger partial charge in [-0.25, -0.2) is 0 Å². The summed E-state index contributed by atoms with van der Waals surface area (Å²) in [7, 11) is 0. The van der Waals surface area contributed by atoms with Crippen LogP contribution in [0.4, 0.5) is 0 Å². The molecule has 0 spiro atoms. The number of carbonyl (C=O) groups is 2. The number of nitrogens with two attached hydrogens (primary N) is 1. The van der Waals surface area contributed by atoms with Gasteiger partial charge < -0.3 is 21.5 Å². The molecule has 27 heavy (non-hydrogen) atoms. The van der Waals surface area contributed by atoms with Crippen molar-refractivity contribution < 1.29 is 14.7 Å².